The van der Waals surface area contributed by atoms with Gasteiger partial charge in [0.05, 0.1) is 17.0 Å². The fourth-order valence-electron chi connectivity index (χ4n) is 3.15. The molecule has 0 unspecified atom stereocenters. The number of amides is 1. The first-order valence-corrected chi connectivity index (χ1v) is 6.58. The molecule has 4 nitrogen and oxygen atoms in total. The van der Waals surface area contributed by atoms with Crippen molar-refractivity contribution in [3.63, 3.8) is 0 Å². The van der Waals surface area contributed by atoms with Gasteiger partial charge in [-0.05, 0) is 0 Å². The molecular formula is C14H13F4N3O. The summed E-state index contributed by atoms with van der Waals surface area (Å²) in [5.41, 5.74) is -2.23. The summed E-state index contributed by atoms with van der Waals surface area (Å²) in [6.45, 7) is 3.76. The lowest BCUT2D eigenvalue weighted by Crippen LogP contribution is -2.61. The monoisotopic (exact) mass is 315 g/mol. The lowest BCUT2D eigenvalue weighted by atomic mass is 9.77. The Morgan fingerprint density at radius 2 is 1.95 bits per heavy atom. The van der Waals surface area contributed by atoms with Gasteiger partial charge in [-0.2, -0.15) is 0 Å². The molecule has 1 amide bonds. The maximum absolute atomic E-state index is 14.2. The van der Waals surface area contributed by atoms with Gasteiger partial charge in [0.15, 0.2) is 17.5 Å². The quantitative estimate of drug-likeness (QED) is 0.465. The molecule has 2 N–H and O–H groups in total. The van der Waals surface area contributed by atoms with Gasteiger partial charge in [-0.1, -0.05) is 6.58 Å². The van der Waals surface area contributed by atoms with Gasteiger partial charge >= 0.3 is 0 Å². The van der Waals surface area contributed by atoms with Gasteiger partial charge in [-0.3, -0.25) is 4.79 Å². The summed E-state index contributed by atoms with van der Waals surface area (Å²) in [4.78, 5) is 13.6. The van der Waals surface area contributed by atoms with Crippen LogP contribution in [0.3, 0.4) is 0 Å². The molecule has 2 fully saturated rings. The number of halogens is 4. The summed E-state index contributed by atoms with van der Waals surface area (Å²) in [5.74, 6) is -7.40. The molecule has 0 spiro atoms. The third kappa shape index (κ3) is 1.76. The number of fused-ring (bicyclic) bond motifs is 1. The Hall–Kier alpha value is -2.09. The van der Waals surface area contributed by atoms with Crippen LogP contribution in [0.15, 0.2) is 18.5 Å². The van der Waals surface area contributed by atoms with Crippen LogP contribution in [0.5, 0.6) is 0 Å². The number of hydrogen-bond acceptors (Lipinski definition) is 3. The zero-order valence-electron chi connectivity index (χ0n) is 11.6. The Morgan fingerprint density at radius 3 is 2.64 bits per heavy atom. The van der Waals surface area contributed by atoms with Crippen LogP contribution in [0.2, 0.25) is 0 Å². The van der Waals surface area contributed by atoms with E-state index < -0.39 is 46.2 Å². The molecule has 3 rings (SSSR count). The Kier molecular flexibility index (Phi) is 3.17. The normalized spacial score (nSPS) is 27.9. The molecule has 22 heavy (non-hydrogen) atoms. The first-order chi connectivity index (χ1) is 10.3. The molecule has 2 aliphatic rings. The van der Waals surface area contributed by atoms with E-state index in [0.717, 1.165) is 0 Å². The van der Waals surface area contributed by atoms with E-state index in [4.69, 9.17) is 0 Å². The molecule has 0 bridgehead atoms. The highest BCUT2D eigenvalue weighted by molar-refractivity contribution is 5.84. The largest absolute Gasteiger partial charge is 0.360 e. The minimum absolute atomic E-state index is 0.0187. The third-order valence-corrected chi connectivity index (χ3v) is 4.31. The summed E-state index contributed by atoms with van der Waals surface area (Å²) in [5, 5.41) is 5.66. The Labute approximate surface area is 123 Å². The fraction of sp³-hybridized carbons (Fsp3) is 0.357. The number of carbonyl (C=O) groups excluding carboxylic acids is 1. The van der Waals surface area contributed by atoms with Crippen molar-refractivity contribution in [2.45, 2.75) is 5.54 Å². The number of nitrogens with zero attached hydrogens (tertiary/aromatic N) is 1. The first-order valence-electron chi connectivity index (χ1n) is 6.58. The van der Waals surface area contributed by atoms with Crippen molar-refractivity contribution in [2.75, 3.05) is 20.1 Å². The Morgan fingerprint density at radius 1 is 1.27 bits per heavy atom. The molecule has 0 saturated carbocycles. The second-order valence-corrected chi connectivity index (χ2v) is 5.47. The van der Waals surface area contributed by atoms with E-state index >= 15 is 0 Å². The maximum Gasteiger partial charge on any atom is 0.234 e. The molecule has 2 heterocycles. The van der Waals surface area contributed by atoms with E-state index in [2.05, 4.69) is 17.2 Å². The van der Waals surface area contributed by atoms with Crippen LogP contribution in [0.1, 0.15) is 5.56 Å². The number of nitrogens with one attached hydrogen (secondary N) is 2. The van der Waals surface area contributed by atoms with Crippen LogP contribution in [0, 0.1) is 29.2 Å². The SMILES string of the molecule is C=C1N[C@@]2(c3c(F)cc(F)c(F)c3F)CNC[C@H]2C(=O)N1C. The molecule has 2 saturated heterocycles. The van der Waals surface area contributed by atoms with Gasteiger partial charge in [0.25, 0.3) is 0 Å². The van der Waals surface area contributed by atoms with Crippen LogP contribution >= 0.6 is 0 Å². The average molecular weight is 315 g/mol. The minimum atomic E-state index is -1.77. The lowest BCUT2D eigenvalue weighted by Gasteiger charge is -2.44. The van der Waals surface area contributed by atoms with Crippen molar-refractivity contribution in [2.24, 2.45) is 5.92 Å². The van der Waals surface area contributed by atoms with Gasteiger partial charge in [0.1, 0.15) is 11.6 Å². The molecule has 8 heteroatoms. The Balaban J connectivity index is 2.24. The van der Waals surface area contributed by atoms with Gasteiger partial charge in [0.2, 0.25) is 5.91 Å². The van der Waals surface area contributed by atoms with Gasteiger partial charge in [-0.25, -0.2) is 17.6 Å². The Bertz CT molecular complexity index is 693. The summed E-state index contributed by atoms with van der Waals surface area (Å²) in [6.07, 6.45) is 0. The first kappa shape index (κ1) is 14.8. The van der Waals surface area contributed by atoms with Crippen molar-refractivity contribution in [3.05, 3.63) is 47.3 Å². The van der Waals surface area contributed by atoms with E-state index in [9.17, 15) is 22.4 Å². The second-order valence-electron chi connectivity index (χ2n) is 5.47. The molecule has 2 aliphatic heterocycles. The van der Waals surface area contributed by atoms with E-state index in [1.807, 2.05) is 0 Å². The number of hydrogen-bond donors (Lipinski definition) is 2. The fourth-order valence-corrected chi connectivity index (χ4v) is 3.15. The predicted molar refractivity (Wildman–Crippen MR) is 69.4 cm³/mol. The molecule has 0 aliphatic carbocycles. The van der Waals surface area contributed by atoms with Crippen molar-refractivity contribution in [1.82, 2.24) is 15.5 Å². The highest BCUT2D eigenvalue weighted by Crippen LogP contribution is 2.41. The summed E-state index contributed by atoms with van der Waals surface area (Å²) in [7, 11) is 1.47. The maximum atomic E-state index is 14.2. The van der Waals surface area contributed by atoms with Crippen LogP contribution < -0.4 is 10.6 Å². The highest BCUT2D eigenvalue weighted by Gasteiger charge is 2.55. The van der Waals surface area contributed by atoms with Crippen molar-refractivity contribution >= 4 is 5.91 Å². The van der Waals surface area contributed by atoms with Gasteiger partial charge in [-0.15, -0.1) is 0 Å². The number of carbonyl (C=O) groups is 1. The highest BCUT2D eigenvalue weighted by atomic mass is 19.2. The molecule has 0 aromatic heterocycles. The summed E-state index contributed by atoms with van der Waals surface area (Å²) < 4.78 is 55.1. The van der Waals surface area contributed by atoms with Crippen molar-refractivity contribution in [3.8, 4) is 0 Å². The summed E-state index contributed by atoms with van der Waals surface area (Å²) >= 11 is 0. The van der Waals surface area contributed by atoms with E-state index in [0.29, 0.717) is 0 Å². The standard InChI is InChI=1S/C14H13F4N3O/c1-6-20-14(5-19-4-7(14)13(22)21(6)2)10-8(15)3-9(16)11(17)12(10)18/h3,7,19-20H,1,4-5H2,2H3/t7-,14-/m0/s1. The lowest BCUT2D eigenvalue weighted by molar-refractivity contribution is -0.137. The van der Waals surface area contributed by atoms with Crippen LogP contribution in [0.4, 0.5) is 17.6 Å². The van der Waals surface area contributed by atoms with Crippen LogP contribution in [-0.2, 0) is 10.3 Å². The average Bonchev–Trinajstić information content (AvgIpc) is 2.87. The molecular weight excluding hydrogens is 302 g/mol. The molecule has 0 radical (unpaired) electrons. The van der Waals surface area contributed by atoms with E-state index in [-0.39, 0.29) is 25.0 Å². The summed E-state index contributed by atoms with van der Waals surface area (Å²) in [6, 6.07) is 0.283. The van der Waals surface area contributed by atoms with E-state index in [1.54, 1.807) is 0 Å². The van der Waals surface area contributed by atoms with Gasteiger partial charge < -0.3 is 15.5 Å². The number of rotatable bonds is 1. The van der Waals surface area contributed by atoms with Crippen LogP contribution in [-0.4, -0.2) is 30.9 Å². The van der Waals surface area contributed by atoms with Crippen LogP contribution in [0.25, 0.3) is 0 Å². The molecule has 2 atom stereocenters. The zero-order valence-corrected chi connectivity index (χ0v) is 11.6. The number of benzene rings is 1. The van der Waals surface area contributed by atoms with Crippen molar-refractivity contribution in [1.29, 1.82) is 0 Å². The smallest absolute Gasteiger partial charge is 0.234 e. The van der Waals surface area contributed by atoms with E-state index in [1.165, 1.54) is 11.9 Å². The predicted octanol–water partition coefficient (Wildman–Crippen LogP) is 1.19. The molecule has 1 aromatic rings. The molecule has 118 valence electrons. The minimum Gasteiger partial charge on any atom is -0.360 e. The topological polar surface area (TPSA) is 44.4 Å². The molecule has 1 aromatic carbocycles. The van der Waals surface area contributed by atoms with Gasteiger partial charge in [0, 0.05) is 26.2 Å². The second kappa shape index (κ2) is 4.70. The van der Waals surface area contributed by atoms with Crippen molar-refractivity contribution < 1.29 is 22.4 Å². The zero-order chi connectivity index (χ0) is 16.2. The third-order valence-electron chi connectivity index (χ3n) is 4.31.